The van der Waals surface area contributed by atoms with Gasteiger partial charge in [0.1, 0.15) is 0 Å². The van der Waals surface area contributed by atoms with Crippen molar-refractivity contribution in [3.63, 3.8) is 0 Å². The quantitative estimate of drug-likeness (QED) is 0.556. The van der Waals surface area contributed by atoms with E-state index < -0.39 is 0 Å². The molecule has 0 N–H and O–H groups in total. The highest BCUT2D eigenvalue weighted by Gasteiger charge is 2.11. The van der Waals surface area contributed by atoms with Gasteiger partial charge in [0.15, 0.2) is 12.1 Å². The fourth-order valence-corrected chi connectivity index (χ4v) is 1.53. The van der Waals surface area contributed by atoms with Crippen molar-refractivity contribution in [1.29, 1.82) is 0 Å². The first-order valence-corrected chi connectivity index (χ1v) is 5.09. The first kappa shape index (κ1) is 12.1. The third-order valence-corrected chi connectivity index (χ3v) is 2.44. The fraction of sp³-hybridized carbons (Fsp3) is 0.143. The molecule has 0 saturated carbocycles. The molecule has 0 heterocycles. The molecule has 0 saturated heterocycles. The van der Waals surface area contributed by atoms with Crippen molar-refractivity contribution in [3.8, 4) is 0 Å². The van der Waals surface area contributed by atoms with Gasteiger partial charge in [0, 0.05) is 17.5 Å². The van der Waals surface area contributed by atoms with Gasteiger partial charge in [-0.3, -0.25) is 9.59 Å². The van der Waals surface area contributed by atoms with Crippen LogP contribution < -0.4 is 0 Å². The Morgan fingerprint density at radius 1 is 1.19 bits per heavy atom. The zero-order chi connectivity index (χ0) is 12.1. The van der Waals surface area contributed by atoms with Crippen molar-refractivity contribution in [2.24, 2.45) is 0 Å². The minimum atomic E-state index is -0.0409. The van der Waals surface area contributed by atoms with E-state index >= 15 is 0 Å². The van der Waals surface area contributed by atoms with Crippen molar-refractivity contribution in [2.45, 2.75) is 13.3 Å². The van der Waals surface area contributed by atoms with Gasteiger partial charge in [0.05, 0.1) is 0 Å². The zero-order valence-corrected chi connectivity index (χ0v) is 9.32. The van der Waals surface area contributed by atoms with Crippen LogP contribution in [0.15, 0.2) is 25.3 Å². The number of benzene rings is 1. The minimum absolute atomic E-state index is 0.0409. The van der Waals surface area contributed by atoms with Crippen LogP contribution in [0, 0.1) is 0 Å². The van der Waals surface area contributed by atoms with Crippen LogP contribution >= 0.6 is 0 Å². The van der Waals surface area contributed by atoms with Crippen LogP contribution in [-0.4, -0.2) is 12.1 Å². The first-order valence-electron chi connectivity index (χ1n) is 5.09. The van der Waals surface area contributed by atoms with Crippen LogP contribution in [0.25, 0.3) is 12.2 Å². The molecule has 2 heteroatoms. The second kappa shape index (κ2) is 5.21. The second-order valence-corrected chi connectivity index (χ2v) is 3.37. The SMILES string of the molecule is C=Cc1cc(C=O)c(C(=O)CC)cc1C=C. The average Bonchev–Trinajstić information content (AvgIpc) is 2.35. The summed E-state index contributed by atoms with van der Waals surface area (Å²) in [5.74, 6) is -0.0409. The van der Waals surface area contributed by atoms with Gasteiger partial charge >= 0.3 is 0 Å². The van der Waals surface area contributed by atoms with Crippen LogP contribution in [0.1, 0.15) is 45.2 Å². The number of ketones is 1. The Morgan fingerprint density at radius 2 is 1.75 bits per heavy atom. The first-order chi connectivity index (χ1) is 7.67. The topological polar surface area (TPSA) is 34.1 Å². The predicted octanol–water partition coefficient (Wildman–Crippen LogP) is 3.38. The van der Waals surface area contributed by atoms with E-state index in [0.29, 0.717) is 23.8 Å². The molecule has 1 aromatic rings. The molecule has 0 amide bonds. The smallest absolute Gasteiger partial charge is 0.163 e. The van der Waals surface area contributed by atoms with Gasteiger partial charge in [0.25, 0.3) is 0 Å². The minimum Gasteiger partial charge on any atom is -0.298 e. The lowest BCUT2D eigenvalue weighted by Crippen LogP contribution is -2.03. The molecule has 0 aromatic heterocycles. The summed E-state index contributed by atoms with van der Waals surface area (Å²) < 4.78 is 0. The van der Waals surface area contributed by atoms with E-state index in [2.05, 4.69) is 13.2 Å². The fourth-order valence-electron chi connectivity index (χ4n) is 1.53. The molecule has 1 rings (SSSR count). The van der Waals surface area contributed by atoms with Crippen molar-refractivity contribution >= 4 is 24.2 Å². The Labute approximate surface area is 95.3 Å². The van der Waals surface area contributed by atoms with E-state index in [0.717, 1.165) is 11.1 Å². The number of Topliss-reactive ketones (excluding diaryl/α,β-unsaturated/α-hetero) is 1. The van der Waals surface area contributed by atoms with Gasteiger partial charge < -0.3 is 0 Å². The van der Waals surface area contributed by atoms with Gasteiger partial charge in [-0.05, 0) is 23.3 Å². The Balaban J connectivity index is 3.48. The highest BCUT2D eigenvalue weighted by atomic mass is 16.1. The number of hydrogen-bond donors (Lipinski definition) is 0. The standard InChI is InChI=1S/C14H14O2/c1-4-10-7-12(9-15)13(14(16)6-3)8-11(10)5-2/h4-5,7-9H,1-2,6H2,3H3. The maximum Gasteiger partial charge on any atom is 0.163 e. The van der Waals surface area contributed by atoms with E-state index in [9.17, 15) is 9.59 Å². The Morgan fingerprint density at radius 3 is 2.19 bits per heavy atom. The summed E-state index contributed by atoms with van der Waals surface area (Å²) >= 11 is 0. The van der Waals surface area contributed by atoms with E-state index in [1.807, 2.05) is 0 Å². The van der Waals surface area contributed by atoms with Gasteiger partial charge in [-0.1, -0.05) is 32.2 Å². The van der Waals surface area contributed by atoms with Gasteiger partial charge in [-0.15, -0.1) is 0 Å². The molecule has 0 fully saturated rings. The zero-order valence-electron chi connectivity index (χ0n) is 9.32. The maximum absolute atomic E-state index is 11.6. The van der Waals surface area contributed by atoms with Gasteiger partial charge in [-0.25, -0.2) is 0 Å². The van der Waals surface area contributed by atoms with Gasteiger partial charge in [-0.2, -0.15) is 0 Å². The molecule has 82 valence electrons. The number of carbonyl (C=O) groups excluding carboxylic acids is 2. The van der Waals surface area contributed by atoms with E-state index in [1.54, 1.807) is 31.2 Å². The number of hydrogen-bond acceptors (Lipinski definition) is 2. The molecule has 0 unspecified atom stereocenters. The predicted molar refractivity (Wildman–Crippen MR) is 66.6 cm³/mol. The third-order valence-electron chi connectivity index (χ3n) is 2.44. The van der Waals surface area contributed by atoms with Crippen molar-refractivity contribution in [1.82, 2.24) is 0 Å². The average molecular weight is 214 g/mol. The van der Waals surface area contributed by atoms with Crippen molar-refractivity contribution < 1.29 is 9.59 Å². The normalized spacial score (nSPS) is 9.56. The Kier molecular flexibility index (Phi) is 3.95. The lowest BCUT2D eigenvalue weighted by Gasteiger charge is -2.07. The summed E-state index contributed by atoms with van der Waals surface area (Å²) in [6.45, 7) is 9.10. The van der Waals surface area contributed by atoms with Crippen LogP contribution in [0.4, 0.5) is 0 Å². The van der Waals surface area contributed by atoms with Crippen molar-refractivity contribution in [3.05, 3.63) is 47.5 Å². The lowest BCUT2D eigenvalue weighted by atomic mass is 9.95. The molecular formula is C14H14O2. The number of carbonyl (C=O) groups is 2. The number of aldehydes is 1. The molecular weight excluding hydrogens is 200 g/mol. The molecule has 0 aliphatic carbocycles. The molecule has 2 nitrogen and oxygen atoms in total. The Bertz CT molecular complexity index is 456. The van der Waals surface area contributed by atoms with Crippen LogP contribution in [0.2, 0.25) is 0 Å². The highest BCUT2D eigenvalue weighted by molar-refractivity contribution is 6.03. The highest BCUT2D eigenvalue weighted by Crippen LogP contribution is 2.19. The monoisotopic (exact) mass is 214 g/mol. The van der Waals surface area contributed by atoms with Crippen molar-refractivity contribution in [2.75, 3.05) is 0 Å². The molecule has 0 aliphatic rings. The summed E-state index contributed by atoms with van der Waals surface area (Å²) in [4.78, 5) is 22.5. The summed E-state index contributed by atoms with van der Waals surface area (Å²) in [7, 11) is 0. The molecule has 0 aliphatic heterocycles. The van der Waals surface area contributed by atoms with Crippen LogP contribution in [-0.2, 0) is 0 Å². The van der Waals surface area contributed by atoms with Gasteiger partial charge in [0.2, 0.25) is 0 Å². The molecule has 0 radical (unpaired) electrons. The molecule has 0 bridgehead atoms. The number of rotatable bonds is 5. The third kappa shape index (κ3) is 2.16. The molecule has 1 aromatic carbocycles. The molecule has 0 spiro atoms. The maximum atomic E-state index is 11.6. The lowest BCUT2D eigenvalue weighted by molar-refractivity contribution is 0.0981. The van der Waals surface area contributed by atoms with Crippen LogP contribution in [0.3, 0.4) is 0 Å². The van der Waals surface area contributed by atoms with E-state index in [1.165, 1.54) is 0 Å². The largest absolute Gasteiger partial charge is 0.298 e. The van der Waals surface area contributed by atoms with E-state index in [-0.39, 0.29) is 5.78 Å². The summed E-state index contributed by atoms with van der Waals surface area (Å²) in [6.07, 6.45) is 4.37. The summed E-state index contributed by atoms with van der Waals surface area (Å²) in [6, 6.07) is 3.36. The summed E-state index contributed by atoms with van der Waals surface area (Å²) in [5.41, 5.74) is 2.49. The summed E-state index contributed by atoms with van der Waals surface area (Å²) in [5, 5.41) is 0. The van der Waals surface area contributed by atoms with Crippen LogP contribution in [0.5, 0.6) is 0 Å². The Hall–Kier alpha value is -1.96. The second-order valence-electron chi connectivity index (χ2n) is 3.37. The molecule has 16 heavy (non-hydrogen) atoms. The molecule has 0 atom stereocenters. The van der Waals surface area contributed by atoms with E-state index in [4.69, 9.17) is 0 Å².